The van der Waals surface area contributed by atoms with E-state index in [1.54, 1.807) is 18.2 Å². The zero-order chi connectivity index (χ0) is 14.9. The molecule has 0 aliphatic carbocycles. The summed E-state index contributed by atoms with van der Waals surface area (Å²) in [5.41, 5.74) is 1.04. The smallest absolute Gasteiger partial charge is 0.358 e. The fraction of sp³-hybridized carbons (Fsp3) is 0.154. The highest BCUT2D eigenvalue weighted by Crippen LogP contribution is 2.21. The Kier molecular flexibility index (Phi) is 3.89. The van der Waals surface area contributed by atoms with E-state index in [9.17, 15) is 9.59 Å². The average molecular weight is 339 g/mol. The second-order valence-electron chi connectivity index (χ2n) is 4.19. The number of nitrogens with zero attached hydrogens (tertiary/aromatic N) is 1. The van der Waals surface area contributed by atoms with E-state index < -0.39 is 17.6 Å². The van der Waals surface area contributed by atoms with E-state index in [-0.39, 0.29) is 11.3 Å². The Morgan fingerprint density at radius 2 is 2.05 bits per heavy atom. The summed E-state index contributed by atoms with van der Waals surface area (Å²) < 4.78 is 5.68. The lowest BCUT2D eigenvalue weighted by Crippen LogP contribution is -2.16. The van der Waals surface area contributed by atoms with Crippen LogP contribution in [0.3, 0.4) is 0 Å². The monoisotopic (exact) mass is 338 g/mol. The molecular weight excluding hydrogens is 328 g/mol. The van der Waals surface area contributed by atoms with E-state index in [4.69, 9.17) is 9.63 Å². The SMILES string of the molecule is Cc1cc(NC(=O)c2c(C(=O)O)noc2C)ccc1Br. The predicted octanol–water partition coefficient (Wildman–Crippen LogP) is 3.00. The van der Waals surface area contributed by atoms with Gasteiger partial charge >= 0.3 is 5.97 Å². The number of carbonyl (C=O) groups excluding carboxylic acids is 1. The number of hydrogen-bond acceptors (Lipinski definition) is 4. The Morgan fingerprint density at radius 3 is 2.65 bits per heavy atom. The molecular formula is C13H11BrN2O4. The highest BCUT2D eigenvalue weighted by Gasteiger charge is 2.25. The van der Waals surface area contributed by atoms with Crippen LogP contribution in [0.2, 0.25) is 0 Å². The van der Waals surface area contributed by atoms with Crippen LogP contribution in [0.25, 0.3) is 0 Å². The summed E-state index contributed by atoms with van der Waals surface area (Å²) in [6.07, 6.45) is 0. The van der Waals surface area contributed by atoms with Crippen LogP contribution in [-0.2, 0) is 0 Å². The van der Waals surface area contributed by atoms with Crippen molar-refractivity contribution >= 4 is 33.5 Å². The Bertz CT molecular complexity index is 694. The van der Waals surface area contributed by atoms with Crippen LogP contribution >= 0.6 is 15.9 Å². The molecule has 0 saturated carbocycles. The van der Waals surface area contributed by atoms with Gasteiger partial charge in [0.15, 0.2) is 0 Å². The zero-order valence-electron chi connectivity index (χ0n) is 10.7. The van der Waals surface area contributed by atoms with E-state index >= 15 is 0 Å². The fourth-order valence-electron chi connectivity index (χ4n) is 1.70. The van der Waals surface area contributed by atoms with Gasteiger partial charge in [-0.25, -0.2) is 4.79 Å². The summed E-state index contributed by atoms with van der Waals surface area (Å²) >= 11 is 3.36. The van der Waals surface area contributed by atoms with Crippen LogP contribution in [0, 0.1) is 13.8 Å². The molecule has 0 aliphatic heterocycles. The maximum absolute atomic E-state index is 12.1. The molecule has 2 rings (SSSR count). The molecule has 2 aromatic rings. The number of carboxylic acids is 1. The fourth-order valence-corrected chi connectivity index (χ4v) is 1.95. The quantitative estimate of drug-likeness (QED) is 0.897. The number of halogens is 1. The van der Waals surface area contributed by atoms with Gasteiger partial charge in [-0.1, -0.05) is 21.1 Å². The molecule has 104 valence electrons. The molecule has 7 heteroatoms. The normalized spacial score (nSPS) is 10.3. The van der Waals surface area contributed by atoms with E-state index in [0.29, 0.717) is 5.69 Å². The first kappa shape index (κ1) is 14.3. The number of hydrogen-bond donors (Lipinski definition) is 2. The summed E-state index contributed by atoms with van der Waals surface area (Å²) in [4.78, 5) is 23.1. The molecule has 0 atom stereocenters. The van der Waals surface area contributed by atoms with E-state index in [2.05, 4.69) is 26.4 Å². The lowest BCUT2D eigenvalue weighted by atomic mass is 10.1. The topological polar surface area (TPSA) is 92.4 Å². The Morgan fingerprint density at radius 1 is 1.35 bits per heavy atom. The van der Waals surface area contributed by atoms with E-state index in [1.807, 2.05) is 6.92 Å². The molecule has 6 nitrogen and oxygen atoms in total. The molecule has 0 spiro atoms. The third-order valence-corrected chi connectivity index (χ3v) is 3.60. The Balaban J connectivity index is 2.30. The minimum absolute atomic E-state index is 0.0712. The molecule has 0 unspecified atom stereocenters. The largest absolute Gasteiger partial charge is 0.476 e. The molecule has 1 aromatic heterocycles. The minimum Gasteiger partial charge on any atom is -0.476 e. The highest BCUT2D eigenvalue weighted by molar-refractivity contribution is 9.10. The number of carbonyl (C=O) groups is 2. The van der Waals surface area contributed by atoms with Crippen molar-refractivity contribution < 1.29 is 19.2 Å². The van der Waals surface area contributed by atoms with Crippen LogP contribution in [0.1, 0.15) is 32.2 Å². The minimum atomic E-state index is -1.31. The molecule has 2 N–H and O–H groups in total. The van der Waals surface area contributed by atoms with Crippen LogP contribution in [-0.4, -0.2) is 22.1 Å². The number of carboxylic acid groups (broad SMARTS) is 1. The third-order valence-electron chi connectivity index (χ3n) is 2.71. The van der Waals surface area contributed by atoms with Gasteiger partial charge < -0.3 is 14.9 Å². The van der Waals surface area contributed by atoms with Crippen LogP contribution in [0.5, 0.6) is 0 Å². The molecule has 0 bridgehead atoms. The van der Waals surface area contributed by atoms with Gasteiger partial charge in [-0.3, -0.25) is 4.79 Å². The molecule has 0 aliphatic rings. The number of benzene rings is 1. The summed E-state index contributed by atoms with van der Waals surface area (Å²) in [6, 6.07) is 5.27. The van der Waals surface area contributed by atoms with Crippen LogP contribution in [0.4, 0.5) is 5.69 Å². The van der Waals surface area contributed by atoms with E-state index in [0.717, 1.165) is 10.0 Å². The molecule has 1 amide bonds. The van der Waals surface area contributed by atoms with Gasteiger partial charge in [-0.15, -0.1) is 0 Å². The average Bonchev–Trinajstić information content (AvgIpc) is 2.76. The van der Waals surface area contributed by atoms with Crippen LogP contribution in [0.15, 0.2) is 27.2 Å². The lowest BCUT2D eigenvalue weighted by Gasteiger charge is -2.06. The number of aryl methyl sites for hydroxylation is 2. The Hall–Kier alpha value is -2.15. The maximum atomic E-state index is 12.1. The van der Waals surface area contributed by atoms with Gasteiger partial charge in [0.25, 0.3) is 5.91 Å². The number of aromatic carboxylic acids is 1. The van der Waals surface area contributed by atoms with Gasteiger partial charge in [-0.05, 0) is 37.6 Å². The predicted molar refractivity (Wildman–Crippen MR) is 75.0 cm³/mol. The first-order valence-corrected chi connectivity index (χ1v) is 6.46. The van der Waals surface area contributed by atoms with Crippen LogP contribution < -0.4 is 5.32 Å². The standard InChI is InChI=1S/C13H11BrN2O4/c1-6-5-8(3-4-9(6)14)15-12(17)10-7(2)20-16-11(10)13(18)19/h3-5H,1-2H3,(H,15,17)(H,18,19). The number of aromatic nitrogens is 1. The number of nitrogens with one attached hydrogen (secondary N) is 1. The van der Waals surface area contributed by atoms with Crippen molar-refractivity contribution in [1.29, 1.82) is 0 Å². The lowest BCUT2D eigenvalue weighted by molar-refractivity contribution is 0.0682. The van der Waals surface area contributed by atoms with Gasteiger partial charge in [0.1, 0.15) is 11.3 Å². The summed E-state index contributed by atoms with van der Waals surface area (Å²) in [5, 5.41) is 15.0. The summed E-state index contributed by atoms with van der Waals surface area (Å²) in [7, 11) is 0. The maximum Gasteiger partial charge on any atom is 0.358 e. The number of amides is 1. The van der Waals surface area contributed by atoms with Crippen molar-refractivity contribution in [3.05, 3.63) is 45.3 Å². The van der Waals surface area contributed by atoms with Crippen molar-refractivity contribution in [3.63, 3.8) is 0 Å². The zero-order valence-corrected chi connectivity index (χ0v) is 12.3. The number of anilines is 1. The molecule has 0 saturated heterocycles. The summed E-state index contributed by atoms with van der Waals surface area (Å²) in [6.45, 7) is 3.37. The van der Waals surface area contributed by atoms with Crippen molar-refractivity contribution in [1.82, 2.24) is 5.16 Å². The molecule has 20 heavy (non-hydrogen) atoms. The third kappa shape index (κ3) is 2.72. The van der Waals surface area contributed by atoms with Gasteiger partial charge in [0.05, 0.1) is 0 Å². The van der Waals surface area contributed by atoms with E-state index in [1.165, 1.54) is 6.92 Å². The molecule has 0 fully saturated rings. The van der Waals surface area contributed by atoms with Gasteiger partial charge in [0.2, 0.25) is 5.69 Å². The first-order chi connectivity index (χ1) is 9.40. The summed E-state index contributed by atoms with van der Waals surface area (Å²) in [5.74, 6) is -1.71. The van der Waals surface area contributed by atoms with Crippen molar-refractivity contribution in [3.8, 4) is 0 Å². The second-order valence-corrected chi connectivity index (χ2v) is 5.04. The van der Waals surface area contributed by atoms with Gasteiger partial charge in [-0.2, -0.15) is 0 Å². The van der Waals surface area contributed by atoms with Crippen molar-refractivity contribution in [2.45, 2.75) is 13.8 Å². The number of rotatable bonds is 3. The van der Waals surface area contributed by atoms with Crippen molar-refractivity contribution in [2.24, 2.45) is 0 Å². The first-order valence-electron chi connectivity index (χ1n) is 5.67. The van der Waals surface area contributed by atoms with Gasteiger partial charge in [0, 0.05) is 10.2 Å². The van der Waals surface area contributed by atoms with Crippen molar-refractivity contribution in [2.75, 3.05) is 5.32 Å². The molecule has 1 heterocycles. The highest BCUT2D eigenvalue weighted by atomic mass is 79.9. The molecule has 0 radical (unpaired) electrons. The Labute approximate surface area is 122 Å². The second kappa shape index (κ2) is 5.46. The molecule has 1 aromatic carbocycles.